The predicted molar refractivity (Wildman–Crippen MR) is 129 cm³/mol. The largest absolute Gasteiger partial charge is 0.573 e. The van der Waals surface area contributed by atoms with Crippen LogP contribution in [-0.4, -0.2) is 68.4 Å². The van der Waals surface area contributed by atoms with E-state index in [1.54, 1.807) is 0 Å². The first-order valence-corrected chi connectivity index (χ1v) is 12.6. The number of ether oxygens (including phenoxy) is 3. The van der Waals surface area contributed by atoms with E-state index < -0.39 is 32.6 Å². The quantitative estimate of drug-likeness (QED) is 0.252. The lowest BCUT2D eigenvalue weighted by atomic mass is 9.95. The molecule has 14 heteroatoms. The van der Waals surface area contributed by atoms with E-state index in [-0.39, 0.29) is 41.6 Å². The Hall–Kier alpha value is -2.58. The standard InChI is InChI=1S/C23H27F3N2O7S.ClH/c1-2-33-16-15-28-13-11-22(12-14-28,21(29)27-30)36(31,32)20-9-7-18(8-10-20)34-17-3-5-19(6-4-17)35-23(24,25)26;/h3-10,30H,2,11-16H2,1H3,(H,27,29);1H. The lowest BCUT2D eigenvalue weighted by Gasteiger charge is -2.39. The van der Waals surface area contributed by atoms with Crippen molar-refractivity contribution in [2.45, 2.75) is 35.8 Å². The maximum atomic E-state index is 13.5. The molecule has 1 saturated heterocycles. The van der Waals surface area contributed by atoms with E-state index in [1.807, 2.05) is 11.8 Å². The number of nitrogens with one attached hydrogen (secondary N) is 1. The third-order valence-corrected chi connectivity index (χ3v) is 8.39. The Morgan fingerprint density at radius 2 is 1.54 bits per heavy atom. The van der Waals surface area contributed by atoms with Gasteiger partial charge in [-0.05, 0) is 68.3 Å². The average Bonchev–Trinajstić information content (AvgIpc) is 2.85. The van der Waals surface area contributed by atoms with E-state index in [0.29, 0.717) is 32.8 Å². The van der Waals surface area contributed by atoms with Crippen molar-refractivity contribution < 1.29 is 45.8 Å². The Labute approximate surface area is 218 Å². The van der Waals surface area contributed by atoms with Gasteiger partial charge in [-0.1, -0.05) is 0 Å². The minimum atomic E-state index is -4.81. The van der Waals surface area contributed by atoms with Gasteiger partial charge in [0.2, 0.25) is 0 Å². The molecule has 3 rings (SSSR count). The number of benzene rings is 2. The summed E-state index contributed by atoms with van der Waals surface area (Å²) < 4.78 is 76.8. The number of hydroxylamine groups is 1. The minimum Gasteiger partial charge on any atom is -0.457 e. The highest BCUT2D eigenvalue weighted by Gasteiger charge is 2.52. The van der Waals surface area contributed by atoms with Crippen LogP contribution in [0.2, 0.25) is 0 Å². The van der Waals surface area contributed by atoms with Gasteiger partial charge in [0, 0.05) is 26.2 Å². The van der Waals surface area contributed by atoms with Crippen LogP contribution in [-0.2, 0) is 19.4 Å². The van der Waals surface area contributed by atoms with Crippen molar-refractivity contribution in [2.24, 2.45) is 0 Å². The van der Waals surface area contributed by atoms with E-state index in [9.17, 15) is 31.6 Å². The van der Waals surface area contributed by atoms with E-state index in [2.05, 4.69) is 4.74 Å². The molecule has 2 aromatic carbocycles. The third kappa shape index (κ3) is 7.48. The fourth-order valence-electron chi connectivity index (χ4n) is 3.95. The fourth-order valence-corrected chi connectivity index (χ4v) is 5.91. The zero-order valence-electron chi connectivity index (χ0n) is 19.9. The zero-order chi connectivity index (χ0) is 26.4. The Balaban J connectivity index is 0.00000481. The van der Waals surface area contributed by atoms with Gasteiger partial charge < -0.3 is 19.1 Å². The van der Waals surface area contributed by atoms with Gasteiger partial charge in [0.25, 0.3) is 5.91 Å². The summed E-state index contributed by atoms with van der Waals surface area (Å²) in [5.41, 5.74) is 1.51. The van der Waals surface area contributed by atoms with Crippen LogP contribution in [0, 0.1) is 0 Å². The number of hydrogen-bond acceptors (Lipinski definition) is 8. The highest BCUT2D eigenvalue weighted by molar-refractivity contribution is 7.93. The van der Waals surface area contributed by atoms with Crippen molar-refractivity contribution in [1.29, 1.82) is 0 Å². The molecular weight excluding hydrogens is 541 g/mol. The van der Waals surface area contributed by atoms with E-state index in [4.69, 9.17) is 9.47 Å². The lowest BCUT2D eigenvalue weighted by Crippen LogP contribution is -2.58. The van der Waals surface area contributed by atoms with Crippen LogP contribution in [0.1, 0.15) is 19.8 Å². The predicted octanol–water partition coefficient (Wildman–Crippen LogP) is 3.95. The molecule has 1 heterocycles. The highest BCUT2D eigenvalue weighted by atomic mass is 35.5. The van der Waals surface area contributed by atoms with Gasteiger partial charge in [0.15, 0.2) is 14.6 Å². The average molecular weight is 569 g/mol. The second kappa shape index (κ2) is 12.8. The van der Waals surface area contributed by atoms with Gasteiger partial charge >= 0.3 is 6.36 Å². The fraction of sp³-hybridized carbons (Fsp3) is 0.435. The van der Waals surface area contributed by atoms with Gasteiger partial charge in [-0.3, -0.25) is 10.0 Å². The molecule has 0 spiro atoms. The highest BCUT2D eigenvalue weighted by Crippen LogP contribution is 2.37. The third-order valence-electron chi connectivity index (χ3n) is 5.88. The number of hydrogen-bond donors (Lipinski definition) is 2. The van der Waals surface area contributed by atoms with Crippen molar-refractivity contribution in [3.63, 3.8) is 0 Å². The summed E-state index contributed by atoms with van der Waals surface area (Å²) in [5.74, 6) is -0.971. The molecule has 1 amide bonds. The summed E-state index contributed by atoms with van der Waals surface area (Å²) in [6.07, 6.45) is -4.84. The zero-order valence-corrected chi connectivity index (χ0v) is 21.5. The lowest BCUT2D eigenvalue weighted by molar-refractivity contribution is -0.274. The summed E-state index contributed by atoms with van der Waals surface area (Å²) >= 11 is 0. The molecule has 206 valence electrons. The second-order valence-corrected chi connectivity index (χ2v) is 10.3. The number of likely N-dealkylation sites (tertiary alicyclic amines) is 1. The molecule has 0 bridgehead atoms. The first-order valence-electron chi connectivity index (χ1n) is 11.1. The number of alkyl halides is 3. The number of amides is 1. The summed E-state index contributed by atoms with van der Waals surface area (Å²) in [5, 5.41) is 9.30. The minimum absolute atomic E-state index is 0. The van der Waals surface area contributed by atoms with E-state index in [0.717, 1.165) is 12.1 Å². The first kappa shape index (κ1) is 30.6. The second-order valence-electron chi connectivity index (χ2n) is 8.07. The molecule has 2 N–H and O–H groups in total. The molecule has 0 aromatic heterocycles. The molecular formula is C23H28ClF3N2O7S. The maximum absolute atomic E-state index is 13.5. The summed E-state index contributed by atoms with van der Waals surface area (Å²) in [6.45, 7) is 4.18. The van der Waals surface area contributed by atoms with Gasteiger partial charge in [-0.2, -0.15) is 0 Å². The number of rotatable bonds is 10. The SMILES string of the molecule is CCOCCN1CCC(C(=O)NO)(S(=O)(=O)c2ccc(Oc3ccc(OC(F)(F)F)cc3)cc2)CC1.Cl. The molecule has 37 heavy (non-hydrogen) atoms. The van der Waals surface area contributed by atoms with Crippen molar-refractivity contribution in [3.05, 3.63) is 48.5 Å². The van der Waals surface area contributed by atoms with Crippen LogP contribution < -0.4 is 15.0 Å². The molecule has 9 nitrogen and oxygen atoms in total. The maximum Gasteiger partial charge on any atom is 0.573 e. The van der Waals surface area contributed by atoms with Crippen LogP contribution in [0.25, 0.3) is 0 Å². The van der Waals surface area contributed by atoms with Gasteiger partial charge in [0.05, 0.1) is 11.5 Å². The van der Waals surface area contributed by atoms with Crippen LogP contribution >= 0.6 is 12.4 Å². The van der Waals surface area contributed by atoms with Crippen molar-refractivity contribution in [1.82, 2.24) is 10.4 Å². The molecule has 1 aliphatic rings. The Bertz CT molecular complexity index is 1120. The van der Waals surface area contributed by atoms with Crippen LogP contribution in [0.3, 0.4) is 0 Å². The van der Waals surface area contributed by atoms with Crippen molar-refractivity contribution >= 4 is 28.2 Å². The van der Waals surface area contributed by atoms with Crippen LogP contribution in [0.4, 0.5) is 13.2 Å². The van der Waals surface area contributed by atoms with Crippen molar-refractivity contribution in [2.75, 3.05) is 32.8 Å². The Morgan fingerprint density at radius 1 is 1.03 bits per heavy atom. The molecule has 0 saturated carbocycles. The first-order chi connectivity index (χ1) is 17.0. The molecule has 1 aliphatic heterocycles. The summed E-state index contributed by atoms with van der Waals surface area (Å²) in [7, 11) is -4.20. The summed E-state index contributed by atoms with van der Waals surface area (Å²) in [6, 6.07) is 10.00. The smallest absolute Gasteiger partial charge is 0.457 e. The topological polar surface area (TPSA) is 114 Å². The number of piperidine rings is 1. The Morgan fingerprint density at radius 3 is 2.03 bits per heavy atom. The number of carbonyl (C=O) groups is 1. The molecule has 0 radical (unpaired) electrons. The molecule has 0 atom stereocenters. The van der Waals surface area contributed by atoms with Gasteiger partial charge in [-0.15, -0.1) is 25.6 Å². The molecule has 0 unspecified atom stereocenters. The monoisotopic (exact) mass is 568 g/mol. The van der Waals surface area contributed by atoms with Crippen molar-refractivity contribution in [3.8, 4) is 17.2 Å². The summed E-state index contributed by atoms with van der Waals surface area (Å²) in [4.78, 5) is 14.5. The normalized spacial score (nSPS) is 15.9. The van der Waals surface area contributed by atoms with Gasteiger partial charge in [0.1, 0.15) is 17.2 Å². The van der Waals surface area contributed by atoms with Crippen LogP contribution in [0.5, 0.6) is 17.2 Å². The number of carbonyl (C=O) groups excluding carboxylic acids is 1. The number of nitrogens with zero attached hydrogens (tertiary/aromatic N) is 1. The molecule has 0 aliphatic carbocycles. The molecule has 1 fully saturated rings. The van der Waals surface area contributed by atoms with E-state index >= 15 is 0 Å². The van der Waals surface area contributed by atoms with Gasteiger partial charge in [-0.25, -0.2) is 13.9 Å². The molecule has 2 aromatic rings. The van der Waals surface area contributed by atoms with E-state index in [1.165, 1.54) is 41.9 Å². The Kier molecular flexibility index (Phi) is 10.6. The van der Waals surface area contributed by atoms with Crippen LogP contribution in [0.15, 0.2) is 53.4 Å². The number of halogens is 4. The number of sulfone groups is 1.